The van der Waals surface area contributed by atoms with Crippen molar-refractivity contribution >= 4 is 23.8 Å². The lowest BCUT2D eigenvalue weighted by Gasteiger charge is -2.26. The lowest BCUT2D eigenvalue weighted by molar-refractivity contribution is -0.122. The van der Waals surface area contributed by atoms with Gasteiger partial charge in [-0.25, -0.2) is 9.78 Å². The van der Waals surface area contributed by atoms with Gasteiger partial charge in [-0.1, -0.05) is 36.4 Å². The number of morpholine rings is 1. The molecule has 0 bridgehead atoms. The first-order valence-electron chi connectivity index (χ1n) is 13.2. The maximum absolute atomic E-state index is 11.9. The van der Waals surface area contributed by atoms with Crippen LogP contribution < -0.4 is 10.6 Å². The molecule has 2 amide bonds. The maximum atomic E-state index is 11.9. The number of imidazole rings is 1. The number of aryl methyl sites for hydroxylation is 1. The summed E-state index contributed by atoms with van der Waals surface area (Å²) >= 11 is 0. The van der Waals surface area contributed by atoms with E-state index >= 15 is 0 Å². The molecule has 1 aliphatic rings. The number of amides is 2. The summed E-state index contributed by atoms with van der Waals surface area (Å²) < 4.78 is 7.53. The molecule has 39 heavy (non-hydrogen) atoms. The molecule has 4 aromatic rings. The lowest BCUT2D eigenvalue weighted by Crippen LogP contribution is -2.36. The van der Waals surface area contributed by atoms with Gasteiger partial charge in [-0.2, -0.15) is 0 Å². The second kappa shape index (κ2) is 14.1. The molecule has 1 aliphatic heterocycles. The Balaban J connectivity index is 0.00000112. The zero-order chi connectivity index (χ0) is 27.5. The minimum Gasteiger partial charge on any atom is -0.483 e. The van der Waals surface area contributed by atoms with Gasteiger partial charge < -0.3 is 20.5 Å². The van der Waals surface area contributed by atoms with Gasteiger partial charge in [0.05, 0.1) is 25.1 Å². The number of fused-ring (bicyclic) bond motifs is 1. The Hall–Kier alpha value is -4.21. The van der Waals surface area contributed by atoms with Crippen molar-refractivity contribution in [1.82, 2.24) is 19.6 Å². The van der Waals surface area contributed by atoms with Gasteiger partial charge in [0.25, 0.3) is 6.47 Å². The summed E-state index contributed by atoms with van der Waals surface area (Å²) in [6.45, 7) is 7.14. The van der Waals surface area contributed by atoms with Gasteiger partial charge in [-0.3, -0.25) is 14.1 Å². The summed E-state index contributed by atoms with van der Waals surface area (Å²) in [6.07, 6.45) is 6.18. The van der Waals surface area contributed by atoms with Crippen LogP contribution in [0.1, 0.15) is 18.9 Å². The Morgan fingerprint density at radius 1 is 1.05 bits per heavy atom. The Labute approximate surface area is 228 Å². The van der Waals surface area contributed by atoms with Crippen molar-refractivity contribution in [3.8, 4) is 22.4 Å². The van der Waals surface area contributed by atoms with Crippen LogP contribution in [0.15, 0.2) is 73.1 Å². The van der Waals surface area contributed by atoms with Gasteiger partial charge in [0, 0.05) is 37.1 Å². The molecule has 2 aromatic heterocycles. The van der Waals surface area contributed by atoms with Crippen molar-refractivity contribution in [3.63, 3.8) is 0 Å². The molecule has 5 rings (SSSR count). The number of pyridine rings is 1. The summed E-state index contributed by atoms with van der Waals surface area (Å²) in [5.74, 6) is 0. The molecule has 1 saturated heterocycles. The smallest absolute Gasteiger partial charge is 0.319 e. The van der Waals surface area contributed by atoms with Gasteiger partial charge in [0.15, 0.2) is 0 Å². The average Bonchev–Trinajstić information content (AvgIpc) is 3.38. The van der Waals surface area contributed by atoms with Crippen molar-refractivity contribution in [2.24, 2.45) is 0 Å². The lowest BCUT2D eigenvalue weighted by atomic mass is 10.0. The standard InChI is InChI=1S/C29H33N5O2.CH2O2/c1-2-30-29(35)32-26-10-4-9-25(19-26)27-21-31-28-20-24(11-13-34(27)28)23-8-3-6-22(18-23)7-5-12-33-14-16-36-17-15-33;2-1-3/h3-4,6,8-11,13,18-21H,2,5,7,12,14-17H2,1H3,(H2,30,32,35);1H,(H,2,3). The van der Waals surface area contributed by atoms with E-state index in [0.717, 1.165) is 73.8 Å². The number of carboxylic acid groups (broad SMARTS) is 1. The van der Waals surface area contributed by atoms with Crippen LogP contribution in [-0.2, 0) is 16.0 Å². The summed E-state index contributed by atoms with van der Waals surface area (Å²) in [6, 6.07) is 20.7. The molecular weight excluding hydrogens is 494 g/mol. The number of carbonyl (C=O) groups excluding carboxylic acids is 1. The van der Waals surface area contributed by atoms with E-state index < -0.39 is 0 Å². The second-order valence-corrected chi connectivity index (χ2v) is 9.22. The molecule has 0 atom stereocenters. The molecule has 0 saturated carbocycles. The van der Waals surface area contributed by atoms with Crippen LogP contribution in [0, 0.1) is 0 Å². The van der Waals surface area contributed by atoms with E-state index in [9.17, 15) is 4.79 Å². The second-order valence-electron chi connectivity index (χ2n) is 9.22. The molecule has 0 radical (unpaired) electrons. The van der Waals surface area contributed by atoms with Crippen molar-refractivity contribution in [1.29, 1.82) is 0 Å². The minimum absolute atomic E-state index is 0.208. The molecule has 0 spiro atoms. The van der Waals surface area contributed by atoms with Crippen LogP contribution in [0.2, 0.25) is 0 Å². The number of carbonyl (C=O) groups is 2. The van der Waals surface area contributed by atoms with Gasteiger partial charge in [0.2, 0.25) is 0 Å². The number of urea groups is 1. The number of nitrogens with zero attached hydrogens (tertiary/aromatic N) is 3. The first-order valence-corrected chi connectivity index (χ1v) is 13.2. The number of hydrogen-bond acceptors (Lipinski definition) is 5. The van der Waals surface area contributed by atoms with Crippen molar-refractivity contribution in [2.45, 2.75) is 19.8 Å². The fourth-order valence-corrected chi connectivity index (χ4v) is 4.70. The van der Waals surface area contributed by atoms with E-state index in [4.69, 9.17) is 14.6 Å². The fourth-order valence-electron chi connectivity index (χ4n) is 4.70. The molecule has 9 heteroatoms. The summed E-state index contributed by atoms with van der Waals surface area (Å²) in [4.78, 5) is 27.4. The molecule has 0 aliphatic carbocycles. The number of benzene rings is 2. The number of hydrogen-bond donors (Lipinski definition) is 3. The van der Waals surface area contributed by atoms with E-state index in [1.807, 2.05) is 37.4 Å². The molecule has 0 unspecified atom stereocenters. The van der Waals surface area contributed by atoms with E-state index in [1.165, 1.54) is 11.1 Å². The average molecular weight is 530 g/mol. The highest BCUT2D eigenvalue weighted by Crippen LogP contribution is 2.27. The maximum Gasteiger partial charge on any atom is 0.319 e. The van der Waals surface area contributed by atoms with Crippen LogP contribution in [0.4, 0.5) is 10.5 Å². The van der Waals surface area contributed by atoms with E-state index in [-0.39, 0.29) is 12.5 Å². The Morgan fingerprint density at radius 3 is 2.59 bits per heavy atom. The zero-order valence-electron chi connectivity index (χ0n) is 22.2. The van der Waals surface area contributed by atoms with E-state index in [2.05, 4.69) is 67.5 Å². The van der Waals surface area contributed by atoms with Gasteiger partial charge in [0.1, 0.15) is 5.65 Å². The number of rotatable bonds is 8. The van der Waals surface area contributed by atoms with Crippen molar-refractivity contribution in [2.75, 3.05) is 44.7 Å². The van der Waals surface area contributed by atoms with E-state index in [1.54, 1.807) is 0 Å². The highest BCUT2D eigenvalue weighted by atomic mass is 16.5. The predicted octanol–water partition coefficient (Wildman–Crippen LogP) is 4.78. The summed E-state index contributed by atoms with van der Waals surface area (Å²) in [5, 5.41) is 12.5. The van der Waals surface area contributed by atoms with Crippen LogP contribution in [-0.4, -0.2) is 71.3 Å². The van der Waals surface area contributed by atoms with Gasteiger partial charge >= 0.3 is 6.03 Å². The number of ether oxygens (including phenoxy) is 1. The molecule has 204 valence electrons. The molecule has 3 N–H and O–H groups in total. The molecule has 2 aromatic carbocycles. The van der Waals surface area contributed by atoms with Crippen molar-refractivity contribution in [3.05, 3.63) is 78.6 Å². The van der Waals surface area contributed by atoms with Crippen LogP contribution in [0.3, 0.4) is 0 Å². The SMILES string of the molecule is CCNC(=O)Nc1cccc(-c2cnc3cc(-c4cccc(CCCN5CCOCC5)c4)ccn23)c1.O=CO. The Bertz CT molecular complexity index is 1380. The highest BCUT2D eigenvalue weighted by Gasteiger charge is 2.11. The third-order valence-corrected chi connectivity index (χ3v) is 6.57. The topological polar surface area (TPSA) is 108 Å². The first-order chi connectivity index (χ1) is 19.1. The molecular formula is C30H35N5O4. The minimum atomic E-state index is -0.250. The van der Waals surface area contributed by atoms with Crippen LogP contribution >= 0.6 is 0 Å². The van der Waals surface area contributed by atoms with Crippen LogP contribution in [0.25, 0.3) is 28.0 Å². The quantitative estimate of drug-likeness (QED) is 0.284. The fraction of sp³-hybridized carbons (Fsp3) is 0.300. The normalized spacial score (nSPS) is 13.4. The third kappa shape index (κ3) is 7.66. The van der Waals surface area contributed by atoms with E-state index in [0.29, 0.717) is 6.54 Å². The van der Waals surface area contributed by atoms with Gasteiger partial charge in [-0.15, -0.1) is 0 Å². The van der Waals surface area contributed by atoms with Crippen LogP contribution in [0.5, 0.6) is 0 Å². The largest absolute Gasteiger partial charge is 0.483 e. The van der Waals surface area contributed by atoms with Gasteiger partial charge in [-0.05, 0) is 67.3 Å². The molecule has 3 heterocycles. The molecule has 1 fully saturated rings. The summed E-state index contributed by atoms with van der Waals surface area (Å²) in [5.41, 5.74) is 7.33. The monoisotopic (exact) mass is 529 g/mol. The third-order valence-electron chi connectivity index (χ3n) is 6.57. The van der Waals surface area contributed by atoms with Crippen molar-refractivity contribution < 1.29 is 19.4 Å². The number of nitrogens with one attached hydrogen (secondary N) is 2. The Morgan fingerprint density at radius 2 is 1.79 bits per heavy atom. The molecule has 9 nitrogen and oxygen atoms in total. The summed E-state index contributed by atoms with van der Waals surface area (Å²) in [7, 11) is 0. The Kier molecular flexibility index (Phi) is 10.0. The first kappa shape index (κ1) is 27.8. The predicted molar refractivity (Wildman–Crippen MR) is 153 cm³/mol. The zero-order valence-corrected chi connectivity index (χ0v) is 22.2. The number of aromatic nitrogens is 2. The number of anilines is 1. The highest BCUT2D eigenvalue weighted by molar-refractivity contribution is 5.90.